The first kappa shape index (κ1) is 20.6. The second-order valence-corrected chi connectivity index (χ2v) is 5.61. The normalized spacial score (nSPS) is 12.3. The van der Waals surface area contributed by atoms with Crippen molar-refractivity contribution in [1.82, 2.24) is 0 Å². The van der Waals surface area contributed by atoms with Gasteiger partial charge in [0.25, 0.3) is 5.91 Å². The van der Waals surface area contributed by atoms with Crippen molar-refractivity contribution >= 4 is 11.6 Å². The van der Waals surface area contributed by atoms with Crippen LogP contribution >= 0.6 is 0 Å². The highest BCUT2D eigenvalue weighted by molar-refractivity contribution is 5.95. The number of halogens is 3. The van der Waals surface area contributed by atoms with Gasteiger partial charge in [-0.05, 0) is 37.3 Å². The molecule has 1 amide bonds. The van der Waals surface area contributed by atoms with E-state index in [4.69, 9.17) is 14.2 Å². The summed E-state index contributed by atoms with van der Waals surface area (Å²) in [7, 11) is 1.47. The summed E-state index contributed by atoms with van der Waals surface area (Å²) in [6.07, 6.45) is -5.47. The average Bonchev–Trinajstić information content (AvgIpc) is 2.63. The van der Waals surface area contributed by atoms with E-state index < -0.39 is 23.8 Å². The van der Waals surface area contributed by atoms with Gasteiger partial charge >= 0.3 is 6.18 Å². The predicted octanol–water partition coefficient (Wildman–Crippen LogP) is 4.14. The number of hydrogen-bond donors (Lipinski definition) is 1. The Morgan fingerprint density at radius 2 is 1.81 bits per heavy atom. The second kappa shape index (κ2) is 9.27. The van der Waals surface area contributed by atoms with Crippen LogP contribution < -0.4 is 14.8 Å². The van der Waals surface area contributed by atoms with Crippen LogP contribution in [0.5, 0.6) is 11.5 Å². The second-order valence-electron chi connectivity index (χ2n) is 5.61. The molecule has 0 spiro atoms. The molecular formula is C19H20F3NO4. The van der Waals surface area contributed by atoms with Gasteiger partial charge in [-0.15, -0.1) is 0 Å². The van der Waals surface area contributed by atoms with Crippen LogP contribution in [0.3, 0.4) is 0 Å². The van der Waals surface area contributed by atoms with Crippen LogP contribution in [0.15, 0.2) is 48.5 Å². The van der Waals surface area contributed by atoms with Crippen molar-refractivity contribution in [3.63, 3.8) is 0 Å². The molecule has 1 unspecified atom stereocenters. The van der Waals surface area contributed by atoms with Gasteiger partial charge in [0.2, 0.25) is 0 Å². The molecule has 0 aliphatic rings. The van der Waals surface area contributed by atoms with E-state index in [9.17, 15) is 18.0 Å². The monoisotopic (exact) mass is 383 g/mol. The summed E-state index contributed by atoms with van der Waals surface area (Å²) >= 11 is 0. The van der Waals surface area contributed by atoms with E-state index in [1.54, 1.807) is 30.3 Å². The topological polar surface area (TPSA) is 56.8 Å². The molecule has 146 valence electrons. The Hall–Kier alpha value is -2.74. The number of ether oxygens (including phenoxy) is 3. The van der Waals surface area contributed by atoms with E-state index in [0.717, 1.165) is 18.2 Å². The molecule has 0 saturated heterocycles. The fourth-order valence-corrected chi connectivity index (χ4v) is 2.16. The van der Waals surface area contributed by atoms with Crippen LogP contribution in [0, 0.1) is 0 Å². The number of alkyl halides is 3. The summed E-state index contributed by atoms with van der Waals surface area (Å²) in [5.74, 6) is -0.0177. The number of carbonyl (C=O) groups is 1. The Morgan fingerprint density at radius 1 is 1.11 bits per heavy atom. The first-order valence-electron chi connectivity index (χ1n) is 8.17. The van der Waals surface area contributed by atoms with Crippen LogP contribution in [0.4, 0.5) is 18.9 Å². The number of methoxy groups -OCH3 is 1. The van der Waals surface area contributed by atoms with E-state index in [-0.39, 0.29) is 24.7 Å². The van der Waals surface area contributed by atoms with Crippen LogP contribution in [0.1, 0.15) is 12.5 Å². The Balaban J connectivity index is 2.16. The minimum atomic E-state index is -4.54. The third-order valence-corrected chi connectivity index (χ3v) is 3.54. The first-order valence-corrected chi connectivity index (χ1v) is 8.17. The van der Waals surface area contributed by atoms with Crippen molar-refractivity contribution in [2.45, 2.75) is 19.2 Å². The van der Waals surface area contributed by atoms with Crippen LogP contribution in [0.25, 0.3) is 0 Å². The van der Waals surface area contributed by atoms with Crippen molar-refractivity contribution in [1.29, 1.82) is 0 Å². The highest BCUT2D eigenvalue weighted by atomic mass is 19.4. The first-order chi connectivity index (χ1) is 12.8. The largest absolute Gasteiger partial charge is 0.489 e. The Labute approximate surface area is 155 Å². The summed E-state index contributed by atoms with van der Waals surface area (Å²) in [4.78, 5) is 12.4. The van der Waals surface area contributed by atoms with E-state index in [2.05, 4.69) is 5.32 Å². The van der Waals surface area contributed by atoms with Gasteiger partial charge in [-0.25, -0.2) is 0 Å². The smallest absolute Gasteiger partial charge is 0.416 e. The van der Waals surface area contributed by atoms with E-state index >= 15 is 0 Å². The zero-order chi connectivity index (χ0) is 19.9. The fourth-order valence-electron chi connectivity index (χ4n) is 2.16. The van der Waals surface area contributed by atoms with Gasteiger partial charge in [-0.2, -0.15) is 13.2 Å². The van der Waals surface area contributed by atoms with Crippen LogP contribution in [-0.4, -0.2) is 32.3 Å². The molecule has 0 fully saturated rings. The fraction of sp³-hybridized carbons (Fsp3) is 0.316. The van der Waals surface area contributed by atoms with Crippen molar-refractivity contribution in [2.75, 3.05) is 25.6 Å². The Kier molecular flexibility index (Phi) is 7.06. The molecule has 8 heteroatoms. The van der Waals surface area contributed by atoms with Crippen molar-refractivity contribution in [2.24, 2.45) is 0 Å². The lowest BCUT2D eigenvalue weighted by molar-refractivity contribution is -0.137. The lowest BCUT2D eigenvalue weighted by Crippen LogP contribution is -2.30. The molecule has 1 N–H and O–H groups in total. The number of rotatable bonds is 8. The lowest BCUT2D eigenvalue weighted by atomic mass is 10.1. The Bertz CT molecular complexity index is 750. The summed E-state index contributed by atoms with van der Waals surface area (Å²) < 4.78 is 54.7. The molecule has 27 heavy (non-hydrogen) atoms. The lowest BCUT2D eigenvalue weighted by Gasteiger charge is -2.18. The molecule has 0 radical (unpaired) electrons. The summed E-state index contributed by atoms with van der Waals surface area (Å²) in [5, 5.41) is 2.44. The minimum absolute atomic E-state index is 0.0885. The SMILES string of the molecule is COCCOc1ccc(C(F)(F)F)cc1NC(=O)C(C)Oc1ccccc1. The molecule has 0 heterocycles. The molecule has 2 aromatic rings. The standard InChI is InChI=1S/C19H20F3NO4/c1-13(27-15-6-4-3-5-7-15)18(24)23-16-12-14(19(20,21)22)8-9-17(16)26-11-10-25-2/h3-9,12-13H,10-11H2,1-2H3,(H,23,24). The predicted molar refractivity (Wildman–Crippen MR) is 94.0 cm³/mol. The number of amides is 1. The highest BCUT2D eigenvalue weighted by Gasteiger charge is 2.31. The van der Waals surface area contributed by atoms with Gasteiger partial charge in [0.05, 0.1) is 17.9 Å². The third kappa shape index (κ3) is 6.18. The molecule has 0 bridgehead atoms. The van der Waals surface area contributed by atoms with Gasteiger partial charge in [0, 0.05) is 7.11 Å². The molecule has 0 saturated carbocycles. The van der Waals surface area contributed by atoms with Crippen molar-refractivity contribution in [3.05, 3.63) is 54.1 Å². The number of para-hydroxylation sites is 1. The maximum absolute atomic E-state index is 13.0. The number of anilines is 1. The van der Waals surface area contributed by atoms with Gasteiger partial charge < -0.3 is 19.5 Å². The number of benzene rings is 2. The molecular weight excluding hydrogens is 363 g/mol. The minimum Gasteiger partial charge on any atom is -0.489 e. The zero-order valence-electron chi connectivity index (χ0n) is 14.9. The average molecular weight is 383 g/mol. The van der Waals surface area contributed by atoms with Gasteiger partial charge in [-0.1, -0.05) is 18.2 Å². The maximum Gasteiger partial charge on any atom is 0.416 e. The number of carbonyl (C=O) groups excluding carboxylic acids is 1. The van der Waals surface area contributed by atoms with E-state index in [1.807, 2.05) is 0 Å². The summed E-state index contributed by atoms with van der Waals surface area (Å²) in [5.41, 5.74) is -0.983. The zero-order valence-corrected chi connectivity index (χ0v) is 14.9. The quantitative estimate of drug-likeness (QED) is 0.697. The summed E-state index contributed by atoms with van der Waals surface area (Å²) in [6, 6.07) is 11.5. The van der Waals surface area contributed by atoms with Crippen molar-refractivity contribution < 1.29 is 32.2 Å². The molecule has 1 atom stereocenters. The Morgan fingerprint density at radius 3 is 2.44 bits per heavy atom. The molecule has 5 nitrogen and oxygen atoms in total. The molecule has 0 aliphatic heterocycles. The summed E-state index contributed by atoms with van der Waals surface area (Å²) in [6.45, 7) is 1.88. The number of hydrogen-bond acceptors (Lipinski definition) is 4. The van der Waals surface area contributed by atoms with Gasteiger partial charge in [0.15, 0.2) is 6.10 Å². The van der Waals surface area contributed by atoms with Crippen LogP contribution in [-0.2, 0) is 15.7 Å². The highest BCUT2D eigenvalue weighted by Crippen LogP contribution is 2.35. The van der Waals surface area contributed by atoms with E-state index in [0.29, 0.717) is 5.75 Å². The van der Waals surface area contributed by atoms with Gasteiger partial charge in [0.1, 0.15) is 18.1 Å². The molecule has 0 aliphatic carbocycles. The number of nitrogens with one attached hydrogen (secondary N) is 1. The van der Waals surface area contributed by atoms with E-state index in [1.165, 1.54) is 14.0 Å². The molecule has 2 rings (SSSR count). The van der Waals surface area contributed by atoms with Crippen molar-refractivity contribution in [3.8, 4) is 11.5 Å². The molecule has 2 aromatic carbocycles. The van der Waals surface area contributed by atoms with Gasteiger partial charge in [-0.3, -0.25) is 4.79 Å². The van der Waals surface area contributed by atoms with Crippen LogP contribution in [0.2, 0.25) is 0 Å². The third-order valence-electron chi connectivity index (χ3n) is 3.54. The maximum atomic E-state index is 13.0. The molecule has 0 aromatic heterocycles.